The molecule has 4 rings (SSSR count). The summed E-state index contributed by atoms with van der Waals surface area (Å²) in [7, 11) is 1.76. The lowest BCUT2D eigenvalue weighted by molar-refractivity contribution is 0.262. The van der Waals surface area contributed by atoms with Gasteiger partial charge in [-0.15, -0.1) is 5.10 Å². The topological polar surface area (TPSA) is 112 Å². The van der Waals surface area contributed by atoms with Gasteiger partial charge in [0.25, 0.3) is 0 Å². The Bertz CT molecular complexity index is 1290. The summed E-state index contributed by atoms with van der Waals surface area (Å²) >= 11 is 0. The average Bonchev–Trinajstić information content (AvgIpc) is 3.39. The number of carbonyl (C=O) groups is 1. The standard InChI is InChI=1S/C22H23FN8O2/c1-22(2,3)31-12-14(11-25-31)26-21(32)27-18-6-5-15(9-17(18)23)33-16-7-8-24-19(10-16)20-13-30(4)29-28-20/h5-13H,1-4H3,(H2,26,27,32). The Labute approximate surface area is 189 Å². The van der Waals surface area contributed by atoms with Gasteiger partial charge in [0.2, 0.25) is 0 Å². The van der Waals surface area contributed by atoms with E-state index in [9.17, 15) is 9.18 Å². The van der Waals surface area contributed by atoms with Gasteiger partial charge in [-0.2, -0.15) is 5.10 Å². The molecule has 1 aromatic carbocycles. The zero-order valence-corrected chi connectivity index (χ0v) is 18.6. The van der Waals surface area contributed by atoms with Crippen molar-refractivity contribution in [1.82, 2.24) is 29.8 Å². The zero-order chi connectivity index (χ0) is 23.6. The Morgan fingerprint density at radius 2 is 1.85 bits per heavy atom. The molecule has 0 atom stereocenters. The van der Waals surface area contributed by atoms with Gasteiger partial charge < -0.3 is 15.4 Å². The smallest absolute Gasteiger partial charge is 0.323 e. The van der Waals surface area contributed by atoms with E-state index in [4.69, 9.17) is 4.74 Å². The van der Waals surface area contributed by atoms with Gasteiger partial charge in [0, 0.05) is 31.6 Å². The summed E-state index contributed by atoms with van der Waals surface area (Å²) in [5, 5.41) is 17.2. The van der Waals surface area contributed by atoms with Gasteiger partial charge in [-0.25, -0.2) is 9.18 Å². The highest BCUT2D eigenvalue weighted by atomic mass is 19.1. The van der Waals surface area contributed by atoms with E-state index in [0.29, 0.717) is 22.8 Å². The molecule has 0 unspecified atom stereocenters. The number of hydrogen-bond donors (Lipinski definition) is 2. The Kier molecular flexibility index (Phi) is 5.78. The van der Waals surface area contributed by atoms with Crippen molar-refractivity contribution in [3.05, 3.63) is 60.9 Å². The molecule has 0 aliphatic heterocycles. The Morgan fingerprint density at radius 3 is 2.52 bits per heavy atom. The SMILES string of the molecule is Cn1cc(-c2cc(Oc3ccc(NC(=O)Nc4cnn(C(C)(C)C)c4)c(F)c3)ccn2)nn1. The highest BCUT2D eigenvalue weighted by Gasteiger charge is 2.15. The molecule has 0 aliphatic rings. The summed E-state index contributed by atoms with van der Waals surface area (Å²) in [6, 6.07) is 6.91. The molecule has 0 saturated carbocycles. The van der Waals surface area contributed by atoms with E-state index in [1.54, 1.807) is 53.2 Å². The summed E-state index contributed by atoms with van der Waals surface area (Å²) < 4.78 is 23.6. The molecular formula is C22H23FN8O2. The van der Waals surface area contributed by atoms with Crippen molar-refractivity contribution in [2.75, 3.05) is 10.6 Å². The second kappa shape index (κ2) is 8.69. The molecule has 3 heterocycles. The zero-order valence-electron chi connectivity index (χ0n) is 18.6. The summed E-state index contributed by atoms with van der Waals surface area (Å²) in [6.45, 7) is 5.97. The second-order valence-corrected chi connectivity index (χ2v) is 8.32. The first-order chi connectivity index (χ1) is 15.7. The average molecular weight is 450 g/mol. The first kappa shape index (κ1) is 21.9. The molecule has 170 valence electrons. The third-order valence-electron chi connectivity index (χ3n) is 4.55. The molecule has 11 heteroatoms. The van der Waals surface area contributed by atoms with Gasteiger partial charge in [0.1, 0.15) is 23.0 Å². The van der Waals surface area contributed by atoms with Gasteiger partial charge in [-0.05, 0) is 39.0 Å². The first-order valence-corrected chi connectivity index (χ1v) is 10.1. The van der Waals surface area contributed by atoms with Crippen LogP contribution in [0.25, 0.3) is 11.4 Å². The van der Waals surface area contributed by atoms with Crippen LogP contribution >= 0.6 is 0 Å². The van der Waals surface area contributed by atoms with Crippen LogP contribution in [0, 0.1) is 5.82 Å². The molecule has 3 aromatic heterocycles. The predicted octanol–water partition coefficient (Wildman–Crippen LogP) is 4.40. The van der Waals surface area contributed by atoms with E-state index in [-0.39, 0.29) is 17.0 Å². The lowest BCUT2D eigenvalue weighted by Crippen LogP contribution is -2.22. The highest BCUT2D eigenvalue weighted by Crippen LogP contribution is 2.27. The molecular weight excluding hydrogens is 427 g/mol. The molecule has 33 heavy (non-hydrogen) atoms. The summed E-state index contributed by atoms with van der Waals surface area (Å²) in [5.74, 6) is 0.0804. The molecule has 2 amide bonds. The first-order valence-electron chi connectivity index (χ1n) is 10.1. The minimum absolute atomic E-state index is 0.0121. The number of halogens is 1. The van der Waals surface area contributed by atoms with Crippen molar-refractivity contribution in [3.63, 3.8) is 0 Å². The highest BCUT2D eigenvalue weighted by molar-refractivity contribution is 5.99. The largest absolute Gasteiger partial charge is 0.457 e. The minimum atomic E-state index is -0.642. The van der Waals surface area contributed by atoms with E-state index in [2.05, 4.69) is 31.0 Å². The maximum absolute atomic E-state index is 14.6. The number of benzene rings is 1. The van der Waals surface area contributed by atoms with Crippen LogP contribution in [-0.2, 0) is 12.6 Å². The molecule has 4 aromatic rings. The van der Waals surface area contributed by atoms with Crippen LogP contribution < -0.4 is 15.4 Å². The van der Waals surface area contributed by atoms with E-state index in [1.807, 2.05) is 20.8 Å². The molecule has 0 radical (unpaired) electrons. The molecule has 2 N–H and O–H groups in total. The van der Waals surface area contributed by atoms with Crippen molar-refractivity contribution >= 4 is 17.4 Å². The van der Waals surface area contributed by atoms with E-state index >= 15 is 0 Å². The fraction of sp³-hybridized carbons (Fsp3) is 0.227. The fourth-order valence-corrected chi connectivity index (χ4v) is 2.92. The van der Waals surface area contributed by atoms with Gasteiger partial charge in [-0.3, -0.25) is 14.3 Å². The van der Waals surface area contributed by atoms with Gasteiger partial charge >= 0.3 is 6.03 Å². The van der Waals surface area contributed by atoms with Crippen molar-refractivity contribution in [3.8, 4) is 22.9 Å². The monoisotopic (exact) mass is 450 g/mol. The predicted molar refractivity (Wildman–Crippen MR) is 121 cm³/mol. The number of pyridine rings is 1. The third kappa shape index (κ3) is 5.32. The van der Waals surface area contributed by atoms with Crippen LogP contribution in [0.4, 0.5) is 20.6 Å². The van der Waals surface area contributed by atoms with Crippen LogP contribution in [0.15, 0.2) is 55.1 Å². The third-order valence-corrected chi connectivity index (χ3v) is 4.55. The number of ether oxygens (including phenoxy) is 1. The van der Waals surface area contributed by atoms with Crippen molar-refractivity contribution in [1.29, 1.82) is 0 Å². The van der Waals surface area contributed by atoms with Gasteiger partial charge in [-0.1, -0.05) is 5.21 Å². The number of aromatic nitrogens is 6. The number of hydrogen-bond acceptors (Lipinski definition) is 6. The summed E-state index contributed by atoms with van der Waals surface area (Å²) in [5.41, 5.74) is 1.46. The number of carbonyl (C=O) groups excluding carboxylic acids is 1. The second-order valence-electron chi connectivity index (χ2n) is 8.32. The van der Waals surface area contributed by atoms with E-state index < -0.39 is 11.8 Å². The minimum Gasteiger partial charge on any atom is -0.457 e. The lowest BCUT2D eigenvalue weighted by atomic mass is 10.1. The number of nitrogens with one attached hydrogen (secondary N) is 2. The van der Waals surface area contributed by atoms with Crippen LogP contribution in [0.2, 0.25) is 0 Å². The Balaban J connectivity index is 1.41. The van der Waals surface area contributed by atoms with E-state index in [0.717, 1.165) is 0 Å². The summed E-state index contributed by atoms with van der Waals surface area (Å²) in [6.07, 6.45) is 6.53. The van der Waals surface area contributed by atoms with Crippen LogP contribution in [0.3, 0.4) is 0 Å². The number of aryl methyl sites for hydroxylation is 1. The van der Waals surface area contributed by atoms with Crippen molar-refractivity contribution < 1.29 is 13.9 Å². The van der Waals surface area contributed by atoms with Crippen molar-refractivity contribution in [2.45, 2.75) is 26.3 Å². The maximum Gasteiger partial charge on any atom is 0.323 e. The number of anilines is 2. The Hall–Kier alpha value is -4.28. The van der Waals surface area contributed by atoms with Crippen molar-refractivity contribution in [2.24, 2.45) is 7.05 Å². The molecule has 0 aliphatic carbocycles. The molecule has 0 fully saturated rings. The number of amides is 2. The van der Waals surface area contributed by atoms with E-state index in [1.165, 1.54) is 18.3 Å². The fourth-order valence-electron chi connectivity index (χ4n) is 2.92. The Morgan fingerprint density at radius 1 is 1.06 bits per heavy atom. The van der Waals surface area contributed by atoms with Crippen LogP contribution in [0.1, 0.15) is 20.8 Å². The van der Waals surface area contributed by atoms with Gasteiger partial charge in [0.15, 0.2) is 0 Å². The number of rotatable bonds is 5. The molecule has 0 spiro atoms. The number of urea groups is 1. The molecule has 0 saturated heterocycles. The summed E-state index contributed by atoms with van der Waals surface area (Å²) in [4.78, 5) is 16.5. The lowest BCUT2D eigenvalue weighted by Gasteiger charge is -2.18. The van der Waals surface area contributed by atoms with Crippen LogP contribution in [0.5, 0.6) is 11.5 Å². The molecule has 0 bridgehead atoms. The van der Waals surface area contributed by atoms with Gasteiger partial charge in [0.05, 0.1) is 35.0 Å². The molecule has 10 nitrogen and oxygen atoms in total. The maximum atomic E-state index is 14.6. The normalized spacial score (nSPS) is 11.3. The number of nitrogens with zero attached hydrogens (tertiary/aromatic N) is 6. The quantitative estimate of drug-likeness (QED) is 0.466. The van der Waals surface area contributed by atoms with Crippen LogP contribution in [-0.4, -0.2) is 35.8 Å².